The van der Waals surface area contributed by atoms with Crippen LogP contribution in [0.15, 0.2) is 23.7 Å². The fourth-order valence-corrected chi connectivity index (χ4v) is 2.92. The number of hydrogen-bond acceptors (Lipinski definition) is 4. The molecule has 0 bridgehead atoms. The molecule has 17 heavy (non-hydrogen) atoms. The second kappa shape index (κ2) is 4.45. The Morgan fingerprint density at radius 1 is 1.24 bits per heavy atom. The fraction of sp³-hybridized carbons (Fsp3) is 0.385. The highest BCUT2D eigenvalue weighted by molar-refractivity contribution is 7.13. The molecule has 0 spiro atoms. The van der Waals surface area contributed by atoms with Crippen molar-refractivity contribution in [1.29, 1.82) is 0 Å². The van der Waals surface area contributed by atoms with Gasteiger partial charge in [0.25, 0.3) is 0 Å². The Morgan fingerprint density at radius 3 is 2.65 bits per heavy atom. The van der Waals surface area contributed by atoms with Gasteiger partial charge in [0.15, 0.2) is 0 Å². The van der Waals surface area contributed by atoms with Crippen LogP contribution in [0.25, 0.3) is 10.6 Å². The third-order valence-electron chi connectivity index (χ3n) is 3.04. The van der Waals surface area contributed by atoms with Crippen molar-refractivity contribution in [1.82, 2.24) is 9.97 Å². The van der Waals surface area contributed by atoms with Crippen LogP contribution in [-0.4, -0.2) is 23.1 Å². The maximum absolute atomic E-state index is 4.54. The molecule has 2 aromatic heterocycles. The van der Waals surface area contributed by atoms with E-state index in [0.717, 1.165) is 35.2 Å². The van der Waals surface area contributed by atoms with Gasteiger partial charge in [0.1, 0.15) is 10.8 Å². The number of nitrogens with zero attached hydrogens (tertiary/aromatic N) is 3. The topological polar surface area (TPSA) is 29.0 Å². The summed E-state index contributed by atoms with van der Waals surface area (Å²) in [5.41, 5.74) is 2.19. The van der Waals surface area contributed by atoms with Gasteiger partial charge in [-0.3, -0.25) is 0 Å². The minimum absolute atomic E-state index is 1.06. The predicted octanol–water partition coefficient (Wildman–Crippen LogP) is 3.11. The molecule has 0 atom stereocenters. The molecule has 0 N–H and O–H groups in total. The molecule has 88 valence electrons. The minimum Gasteiger partial charge on any atom is -0.357 e. The van der Waals surface area contributed by atoms with Crippen LogP contribution in [0.5, 0.6) is 0 Å². The molecule has 1 fully saturated rings. The highest BCUT2D eigenvalue weighted by Crippen LogP contribution is 2.25. The van der Waals surface area contributed by atoms with Gasteiger partial charge in [0.05, 0.1) is 0 Å². The zero-order valence-corrected chi connectivity index (χ0v) is 10.7. The van der Waals surface area contributed by atoms with E-state index in [-0.39, 0.29) is 0 Å². The van der Waals surface area contributed by atoms with E-state index >= 15 is 0 Å². The SMILES string of the molecule is Cc1csc(-c2ccc(N3CCCC3)nc2)n1. The summed E-state index contributed by atoms with van der Waals surface area (Å²) < 4.78 is 0. The van der Waals surface area contributed by atoms with Gasteiger partial charge in [-0.15, -0.1) is 11.3 Å². The molecular weight excluding hydrogens is 230 g/mol. The van der Waals surface area contributed by atoms with E-state index in [1.54, 1.807) is 11.3 Å². The van der Waals surface area contributed by atoms with Crippen molar-refractivity contribution < 1.29 is 0 Å². The van der Waals surface area contributed by atoms with E-state index in [0.29, 0.717) is 0 Å². The Morgan fingerprint density at radius 2 is 2.06 bits per heavy atom. The van der Waals surface area contributed by atoms with Crippen LogP contribution >= 0.6 is 11.3 Å². The molecule has 3 heterocycles. The van der Waals surface area contributed by atoms with Gasteiger partial charge in [0, 0.05) is 35.9 Å². The average Bonchev–Trinajstić information content (AvgIpc) is 3.00. The summed E-state index contributed by atoms with van der Waals surface area (Å²) in [6, 6.07) is 4.23. The molecular formula is C13H15N3S. The number of hydrogen-bond donors (Lipinski definition) is 0. The maximum atomic E-state index is 4.54. The van der Waals surface area contributed by atoms with Crippen molar-refractivity contribution in [2.24, 2.45) is 0 Å². The Labute approximate surface area is 105 Å². The standard InChI is InChI=1S/C13H15N3S/c1-10-9-17-13(15-10)11-4-5-12(14-8-11)16-6-2-3-7-16/h4-5,8-9H,2-3,6-7H2,1H3. The van der Waals surface area contributed by atoms with Crippen molar-refractivity contribution in [3.8, 4) is 10.6 Å². The number of rotatable bonds is 2. The molecule has 0 radical (unpaired) electrons. The first-order valence-electron chi connectivity index (χ1n) is 5.96. The van der Waals surface area contributed by atoms with Crippen molar-refractivity contribution in [2.45, 2.75) is 19.8 Å². The second-order valence-corrected chi connectivity index (χ2v) is 5.25. The van der Waals surface area contributed by atoms with Crippen molar-refractivity contribution in [2.75, 3.05) is 18.0 Å². The molecule has 0 unspecified atom stereocenters. The Bertz CT molecular complexity index is 498. The molecule has 0 saturated carbocycles. The van der Waals surface area contributed by atoms with E-state index in [9.17, 15) is 0 Å². The largest absolute Gasteiger partial charge is 0.357 e. The Hall–Kier alpha value is -1.42. The lowest BCUT2D eigenvalue weighted by molar-refractivity contribution is 0.938. The average molecular weight is 245 g/mol. The lowest BCUT2D eigenvalue weighted by Gasteiger charge is -2.15. The second-order valence-electron chi connectivity index (χ2n) is 4.39. The van der Waals surface area contributed by atoms with Gasteiger partial charge < -0.3 is 4.90 Å². The lowest BCUT2D eigenvalue weighted by Crippen LogP contribution is -2.18. The molecule has 0 amide bonds. The lowest BCUT2D eigenvalue weighted by atomic mass is 10.3. The summed E-state index contributed by atoms with van der Waals surface area (Å²) in [6.45, 7) is 4.30. The third-order valence-corrected chi connectivity index (χ3v) is 4.05. The molecule has 3 rings (SSSR count). The highest BCUT2D eigenvalue weighted by Gasteiger charge is 2.13. The predicted molar refractivity (Wildman–Crippen MR) is 71.5 cm³/mol. The molecule has 1 saturated heterocycles. The molecule has 2 aromatic rings. The highest BCUT2D eigenvalue weighted by atomic mass is 32.1. The van der Waals surface area contributed by atoms with Crippen molar-refractivity contribution in [3.63, 3.8) is 0 Å². The monoisotopic (exact) mass is 245 g/mol. The summed E-state index contributed by atoms with van der Waals surface area (Å²) in [5.74, 6) is 1.10. The summed E-state index contributed by atoms with van der Waals surface area (Å²) in [4.78, 5) is 11.4. The Balaban J connectivity index is 1.84. The van der Waals surface area contributed by atoms with Crippen molar-refractivity contribution >= 4 is 17.2 Å². The quantitative estimate of drug-likeness (QED) is 0.814. The normalized spacial score (nSPS) is 15.5. The van der Waals surface area contributed by atoms with Gasteiger partial charge in [-0.05, 0) is 31.9 Å². The fourth-order valence-electron chi connectivity index (χ4n) is 2.13. The van der Waals surface area contributed by atoms with E-state index in [1.807, 2.05) is 13.1 Å². The zero-order valence-electron chi connectivity index (χ0n) is 9.89. The van der Waals surface area contributed by atoms with Crippen LogP contribution in [0.1, 0.15) is 18.5 Å². The summed E-state index contributed by atoms with van der Waals surface area (Å²) in [5, 5.41) is 3.13. The van der Waals surface area contributed by atoms with Gasteiger partial charge in [-0.25, -0.2) is 9.97 Å². The molecule has 0 aliphatic carbocycles. The number of thiazole rings is 1. The number of anilines is 1. The number of aryl methyl sites for hydroxylation is 1. The van der Waals surface area contributed by atoms with Gasteiger partial charge in [0.2, 0.25) is 0 Å². The first-order valence-corrected chi connectivity index (χ1v) is 6.84. The smallest absolute Gasteiger partial charge is 0.128 e. The van der Waals surface area contributed by atoms with Gasteiger partial charge >= 0.3 is 0 Å². The summed E-state index contributed by atoms with van der Waals surface area (Å²) >= 11 is 1.68. The number of aromatic nitrogens is 2. The Kier molecular flexibility index (Phi) is 2.81. The maximum Gasteiger partial charge on any atom is 0.128 e. The molecule has 3 nitrogen and oxygen atoms in total. The van der Waals surface area contributed by atoms with Crippen LogP contribution in [0, 0.1) is 6.92 Å². The molecule has 4 heteroatoms. The minimum atomic E-state index is 1.06. The third kappa shape index (κ3) is 2.17. The van der Waals surface area contributed by atoms with E-state index in [4.69, 9.17) is 0 Å². The summed E-state index contributed by atoms with van der Waals surface area (Å²) in [6.07, 6.45) is 4.51. The van der Waals surface area contributed by atoms with Gasteiger partial charge in [-0.2, -0.15) is 0 Å². The van der Waals surface area contributed by atoms with E-state index in [1.165, 1.54) is 12.8 Å². The van der Waals surface area contributed by atoms with Crippen LogP contribution in [0.2, 0.25) is 0 Å². The van der Waals surface area contributed by atoms with Crippen molar-refractivity contribution in [3.05, 3.63) is 29.4 Å². The van der Waals surface area contributed by atoms with Crippen LogP contribution in [0.4, 0.5) is 5.82 Å². The summed E-state index contributed by atoms with van der Waals surface area (Å²) in [7, 11) is 0. The molecule has 1 aliphatic rings. The zero-order chi connectivity index (χ0) is 11.7. The van der Waals surface area contributed by atoms with Crippen LogP contribution < -0.4 is 4.90 Å². The molecule has 1 aliphatic heterocycles. The van der Waals surface area contributed by atoms with Gasteiger partial charge in [-0.1, -0.05) is 0 Å². The van der Waals surface area contributed by atoms with Crippen LogP contribution in [0.3, 0.4) is 0 Å². The van der Waals surface area contributed by atoms with E-state index in [2.05, 4.69) is 32.4 Å². The first kappa shape index (κ1) is 10.7. The number of pyridine rings is 1. The van der Waals surface area contributed by atoms with E-state index < -0.39 is 0 Å². The van der Waals surface area contributed by atoms with Crippen LogP contribution in [-0.2, 0) is 0 Å². The first-order chi connectivity index (χ1) is 8.33. The molecule has 0 aromatic carbocycles.